The number of hydrogen-bond donors (Lipinski definition) is 2. The van der Waals surface area contributed by atoms with Crippen LogP contribution in [0, 0.1) is 0 Å². The summed E-state index contributed by atoms with van der Waals surface area (Å²) in [5.41, 5.74) is 3.25. The van der Waals surface area contributed by atoms with Crippen LogP contribution in [0.3, 0.4) is 0 Å². The molecule has 1 aromatic heterocycles. The van der Waals surface area contributed by atoms with E-state index < -0.39 is 0 Å². The molecule has 3 aromatic rings. The molecule has 0 atom stereocenters. The van der Waals surface area contributed by atoms with E-state index in [1.54, 1.807) is 12.1 Å². The molecule has 1 heterocycles. The van der Waals surface area contributed by atoms with Crippen molar-refractivity contribution in [1.82, 2.24) is 4.98 Å². The van der Waals surface area contributed by atoms with Gasteiger partial charge >= 0.3 is 0 Å². The normalized spacial score (nSPS) is 10.8. The minimum Gasteiger partial charge on any atom is -0.508 e. The van der Waals surface area contributed by atoms with Crippen LogP contribution in [-0.4, -0.2) is 10.1 Å². The van der Waals surface area contributed by atoms with E-state index in [1.165, 1.54) is 5.39 Å². The second-order valence-electron chi connectivity index (χ2n) is 3.80. The summed E-state index contributed by atoms with van der Waals surface area (Å²) in [4.78, 5) is 3.22. The van der Waals surface area contributed by atoms with Gasteiger partial charge in [0.25, 0.3) is 0 Å². The van der Waals surface area contributed by atoms with Crippen LogP contribution < -0.4 is 0 Å². The Morgan fingerprint density at radius 1 is 0.938 bits per heavy atom. The largest absolute Gasteiger partial charge is 0.508 e. The number of nitrogens with one attached hydrogen (secondary N) is 1. The molecule has 0 saturated carbocycles. The molecule has 0 radical (unpaired) electrons. The molecule has 0 aliphatic rings. The molecule has 0 bridgehead atoms. The summed E-state index contributed by atoms with van der Waals surface area (Å²) in [6, 6.07) is 15.4. The number of aromatic amines is 1. The van der Waals surface area contributed by atoms with Crippen molar-refractivity contribution in [1.29, 1.82) is 0 Å². The van der Waals surface area contributed by atoms with Crippen molar-refractivity contribution < 1.29 is 5.11 Å². The van der Waals surface area contributed by atoms with E-state index in [-0.39, 0.29) is 0 Å². The summed E-state index contributed by atoms with van der Waals surface area (Å²) < 4.78 is 0. The molecule has 16 heavy (non-hydrogen) atoms. The second kappa shape index (κ2) is 3.42. The number of fused-ring (bicyclic) bond motifs is 1. The Labute approximate surface area is 93.2 Å². The third-order valence-corrected chi connectivity index (χ3v) is 2.75. The number of H-pyrrole nitrogens is 1. The Balaban J connectivity index is 2.26. The SMILES string of the molecule is Oc1cccc(-c2c[nH]c3ccccc23)c1. The molecule has 0 saturated heterocycles. The molecular formula is C14H11NO. The first-order valence-electron chi connectivity index (χ1n) is 5.20. The Kier molecular flexibility index (Phi) is 1.93. The summed E-state index contributed by atoms with van der Waals surface area (Å²) in [6.07, 6.45) is 1.97. The lowest BCUT2D eigenvalue weighted by atomic mass is 10.0. The number of para-hydroxylation sites is 1. The molecule has 0 spiro atoms. The first-order valence-corrected chi connectivity index (χ1v) is 5.20. The third-order valence-electron chi connectivity index (χ3n) is 2.75. The number of rotatable bonds is 1. The summed E-state index contributed by atoms with van der Waals surface area (Å²) >= 11 is 0. The second-order valence-corrected chi connectivity index (χ2v) is 3.80. The number of phenols is 1. The summed E-state index contributed by atoms with van der Waals surface area (Å²) in [6.45, 7) is 0. The zero-order valence-corrected chi connectivity index (χ0v) is 8.64. The van der Waals surface area contributed by atoms with Gasteiger partial charge in [0.15, 0.2) is 0 Å². The highest BCUT2D eigenvalue weighted by atomic mass is 16.3. The first kappa shape index (κ1) is 9.04. The molecule has 2 nitrogen and oxygen atoms in total. The fourth-order valence-corrected chi connectivity index (χ4v) is 1.98. The van der Waals surface area contributed by atoms with E-state index in [0.29, 0.717) is 5.75 Å². The molecule has 0 aliphatic carbocycles. The molecule has 78 valence electrons. The zero-order valence-electron chi connectivity index (χ0n) is 8.64. The third kappa shape index (κ3) is 1.36. The highest BCUT2D eigenvalue weighted by Crippen LogP contribution is 2.29. The standard InChI is InChI=1S/C14H11NO/c16-11-5-3-4-10(8-11)13-9-15-14-7-2-1-6-12(13)14/h1-9,15-16H. The van der Waals surface area contributed by atoms with Crippen molar-refractivity contribution in [2.24, 2.45) is 0 Å². The molecule has 2 heteroatoms. The fraction of sp³-hybridized carbons (Fsp3) is 0. The van der Waals surface area contributed by atoms with Gasteiger partial charge in [-0.15, -0.1) is 0 Å². The lowest BCUT2D eigenvalue weighted by molar-refractivity contribution is 0.475. The van der Waals surface area contributed by atoms with Gasteiger partial charge in [-0.25, -0.2) is 0 Å². The van der Waals surface area contributed by atoms with Crippen LogP contribution in [0.2, 0.25) is 0 Å². The quantitative estimate of drug-likeness (QED) is 0.631. The Morgan fingerprint density at radius 3 is 2.69 bits per heavy atom. The van der Waals surface area contributed by atoms with Gasteiger partial charge in [-0.1, -0.05) is 30.3 Å². The van der Waals surface area contributed by atoms with Crippen LogP contribution in [0.1, 0.15) is 0 Å². The fourth-order valence-electron chi connectivity index (χ4n) is 1.98. The lowest BCUT2D eigenvalue weighted by Crippen LogP contribution is -1.74. The Bertz CT molecular complexity index is 640. The van der Waals surface area contributed by atoms with E-state index in [9.17, 15) is 5.11 Å². The average molecular weight is 209 g/mol. The zero-order chi connectivity index (χ0) is 11.0. The van der Waals surface area contributed by atoms with Crippen LogP contribution in [-0.2, 0) is 0 Å². The van der Waals surface area contributed by atoms with E-state index in [4.69, 9.17) is 0 Å². The van der Waals surface area contributed by atoms with Crippen molar-refractivity contribution in [3.8, 4) is 16.9 Å². The molecule has 0 fully saturated rings. The molecule has 2 N–H and O–H groups in total. The van der Waals surface area contributed by atoms with Crippen molar-refractivity contribution in [3.05, 3.63) is 54.7 Å². The number of aromatic hydroxyl groups is 1. The lowest BCUT2D eigenvalue weighted by Gasteiger charge is -2.00. The van der Waals surface area contributed by atoms with Crippen molar-refractivity contribution in [2.75, 3.05) is 0 Å². The minimum absolute atomic E-state index is 0.294. The predicted octanol–water partition coefficient (Wildman–Crippen LogP) is 3.54. The van der Waals surface area contributed by atoms with Crippen molar-refractivity contribution in [2.45, 2.75) is 0 Å². The van der Waals surface area contributed by atoms with E-state index in [1.807, 2.05) is 36.5 Å². The van der Waals surface area contributed by atoms with Gasteiger partial charge in [0, 0.05) is 22.7 Å². The molecule has 2 aromatic carbocycles. The van der Waals surface area contributed by atoms with Crippen LogP contribution >= 0.6 is 0 Å². The van der Waals surface area contributed by atoms with Crippen LogP contribution in [0.5, 0.6) is 5.75 Å². The van der Waals surface area contributed by atoms with Gasteiger partial charge in [0.1, 0.15) is 5.75 Å². The maximum Gasteiger partial charge on any atom is 0.116 e. The maximum absolute atomic E-state index is 9.47. The summed E-state index contributed by atoms with van der Waals surface area (Å²) in [5.74, 6) is 0.294. The molecule has 0 unspecified atom stereocenters. The van der Waals surface area contributed by atoms with Crippen LogP contribution in [0.15, 0.2) is 54.7 Å². The number of aromatic nitrogens is 1. The topological polar surface area (TPSA) is 36.0 Å². The van der Waals surface area contributed by atoms with Crippen LogP contribution in [0.4, 0.5) is 0 Å². The number of phenolic OH excluding ortho intramolecular Hbond substituents is 1. The predicted molar refractivity (Wildman–Crippen MR) is 65.4 cm³/mol. The Hall–Kier alpha value is -2.22. The van der Waals surface area contributed by atoms with Gasteiger partial charge in [-0.05, 0) is 23.8 Å². The minimum atomic E-state index is 0.294. The van der Waals surface area contributed by atoms with Crippen molar-refractivity contribution >= 4 is 10.9 Å². The van der Waals surface area contributed by atoms with Gasteiger partial charge < -0.3 is 10.1 Å². The Morgan fingerprint density at radius 2 is 1.81 bits per heavy atom. The number of hydrogen-bond acceptors (Lipinski definition) is 1. The highest BCUT2D eigenvalue weighted by molar-refractivity contribution is 5.95. The monoisotopic (exact) mass is 209 g/mol. The van der Waals surface area contributed by atoms with Crippen LogP contribution in [0.25, 0.3) is 22.0 Å². The van der Waals surface area contributed by atoms with E-state index >= 15 is 0 Å². The smallest absolute Gasteiger partial charge is 0.116 e. The van der Waals surface area contributed by atoms with Gasteiger partial charge in [-0.2, -0.15) is 0 Å². The first-order chi connectivity index (χ1) is 7.84. The summed E-state index contributed by atoms with van der Waals surface area (Å²) in [5, 5.41) is 10.6. The highest BCUT2D eigenvalue weighted by Gasteiger charge is 2.05. The number of benzene rings is 2. The summed E-state index contributed by atoms with van der Waals surface area (Å²) in [7, 11) is 0. The van der Waals surface area contributed by atoms with Gasteiger partial charge in [0.05, 0.1) is 0 Å². The molecular weight excluding hydrogens is 198 g/mol. The van der Waals surface area contributed by atoms with Gasteiger partial charge in [-0.3, -0.25) is 0 Å². The molecule has 3 rings (SSSR count). The van der Waals surface area contributed by atoms with E-state index in [2.05, 4.69) is 11.1 Å². The molecule has 0 amide bonds. The average Bonchev–Trinajstić information content (AvgIpc) is 2.72. The molecule has 0 aliphatic heterocycles. The van der Waals surface area contributed by atoms with Gasteiger partial charge in [0.2, 0.25) is 0 Å². The van der Waals surface area contributed by atoms with Crippen molar-refractivity contribution in [3.63, 3.8) is 0 Å². The maximum atomic E-state index is 9.47. The van der Waals surface area contributed by atoms with E-state index in [0.717, 1.165) is 16.6 Å².